The van der Waals surface area contributed by atoms with Gasteiger partial charge < -0.3 is 5.11 Å². The lowest BCUT2D eigenvalue weighted by Crippen LogP contribution is -2.53. The van der Waals surface area contributed by atoms with E-state index in [-0.39, 0.29) is 0 Å². The molecule has 0 saturated carbocycles. The molecule has 0 saturated heterocycles. The summed E-state index contributed by atoms with van der Waals surface area (Å²) in [6.45, 7) is 9.32. The van der Waals surface area contributed by atoms with Crippen molar-refractivity contribution >= 4 is 5.97 Å². The third-order valence-electron chi connectivity index (χ3n) is 3.59. The second kappa shape index (κ2) is 6.01. The summed E-state index contributed by atoms with van der Waals surface area (Å²) < 4.78 is 0. The summed E-state index contributed by atoms with van der Waals surface area (Å²) in [6.07, 6.45) is 0.532. The zero-order valence-corrected chi connectivity index (χ0v) is 11.7. The van der Waals surface area contributed by atoms with Gasteiger partial charge in [-0.1, -0.05) is 43.7 Å². The van der Waals surface area contributed by atoms with Crippen molar-refractivity contribution in [3.63, 3.8) is 0 Å². The zero-order valence-electron chi connectivity index (χ0n) is 11.7. The Kier molecular flexibility index (Phi) is 4.91. The normalized spacial score (nSPS) is 14.5. The number of benzene rings is 1. The van der Waals surface area contributed by atoms with Crippen molar-refractivity contribution in [3.8, 4) is 0 Å². The molecule has 0 aliphatic carbocycles. The van der Waals surface area contributed by atoms with Crippen LogP contribution in [0, 0.1) is 6.92 Å². The number of carboxylic acids is 1. The number of aryl methyl sites for hydroxylation is 1. The summed E-state index contributed by atoms with van der Waals surface area (Å²) in [5, 5.41) is 9.54. The molecule has 0 aliphatic rings. The maximum absolute atomic E-state index is 11.6. The van der Waals surface area contributed by atoms with Gasteiger partial charge in [-0.05, 0) is 32.5 Å². The minimum absolute atomic E-state index is 0.532. The highest BCUT2D eigenvalue weighted by Gasteiger charge is 2.38. The zero-order chi connectivity index (χ0) is 13.8. The van der Waals surface area contributed by atoms with Crippen LogP contribution in [0.4, 0.5) is 0 Å². The number of hydrogen-bond donors (Lipinski definition) is 1. The van der Waals surface area contributed by atoms with E-state index in [9.17, 15) is 9.90 Å². The number of carboxylic acid groups (broad SMARTS) is 1. The Morgan fingerprint density at radius 2 is 1.72 bits per heavy atom. The number of hydrogen-bond acceptors (Lipinski definition) is 2. The van der Waals surface area contributed by atoms with Crippen LogP contribution in [0.5, 0.6) is 0 Å². The van der Waals surface area contributed by atoms with Crippen molar-refractivity contribution in [3.05, 3.63) is 35.4 Å². The van der Waals surface area contributed by atoms with Crippen molar-refractivity contribution in [2.24, 2.45) is 0 Å². The van der Waals surface area contributed by atoms with E-state index in [2.05, 4.69) is 0 Å². The molecule has 100 valence electrons. The minimum atomic E-state index is -0.835. The second-order valence-corrected chi connectivity index (χ2v) is 4.91. The average molecular weight is 249 g/mol. The topological polar surface area (TPSA) is 40.5 Å². The molecule has 3 nitrogen and oxygen atoms in total. The molecule has 1 unspecified atom stereocenters. The van der Waals surface area contributed by atoms with Crippen LogP contribution in [0.2, 0.25) is 0 Å². The summed E-state index contributed by atoms with van der Waals surface area (Å²) in [7, 11) is 0. The monoisotopic (exact) mass is 249 g/mol. The molecule has 0 aromatic heterocycles. The Labute approximate surface area is 109 Å². The number of nitrogens with zero attached hydrogens (tertiary/aromatic N) is 1. The average Bonchev–Trinajstić information content (AvgIpc) is 2.33. The number of aliphatic carboxylic acids is 1. The van der Waals surface area contributed by atoms with Crippen LogP contribution in [0.1, 0.15) is 31.9 Å². The van der Waals surface area contributed by atoms with Gasteiger partial charge in [0, 0.05) is 6.42 Å². The highest BCUT2D eigenvalue weighted by molar-refractivity contribution is 5.78. The van der Waals surface area contributed by atoms with Gasteiger partial charge in [0.25, 0.3) is 0 Å². The molecule has 0 fully saturated rings. The number of rotatable bonds is 6. The third kappa shape index (κ3) is 3.10. The Bertz CT molecular complexity index is 395. The van der Waals surface area contributed by atoms with Crippen molar-refractivity contribution in [1.82, 2.24) is 4.90 Å². The molecule has 0 aliphatic heterocycles. The van der Waals surface area contributed by atoms with Gasteiger partial charge in [-0.3, -0.25) is 9.69 Å². The number of likely N-dealkylation sites (N-methyl/N-ethyl adjacent to an activating group) is 1. The van der Waals surface area contributed by atoms with Gasteiger partial charge >= 0.3 is 5.97 Å². The van der Waals surface area contributed by atoms with Crippen LogP contribution < -0.4 is 0 Å². The van der Waals surface area contributed by atoms with Crippen LogP contribution in [0.25, 0.3) is 0 Å². The largest absolute Gasteiger partial charge is 0.480 e. The van der Waals surface area contributed by atoms with Crippen molar-refractivity contribution in [2.45, 2.75) is 39.7 Å². The van der Waals surface area contributed by atoms with E-state index in [0.29, 0.717) is 6.42 Å². The molecule has 0 heterocycles. The molecule has 0 radical (unpaired) electrons. The highest BCUT2D eigenvalue weighted by atomic mass is 16.4. The molecule has 18 heavy (non-hydrogen) atoms. The van der Waals surface area contributed by atoms with E-state index in [1.54, 1.807) is 0 Å². The molecule has 0 bridgehead atoms. The first-order valence-electron chi connectivity index (χ1n) is 6.48. The first kappa shape index (κ1) is 14.7. The quantitative estimate of drug-likeness (QED) is 0.842. The van der Waals surface area contributed by atoms with Crippen LogP contribution in [0.3, 0.4) is 0 Å². The van der Waals surface area contributed by atoms with Gasteiger partial charge in [0.2, 0.25) is 0 Å². The van der Waals surface area contributed by atoms with Crippen LogP contribution in [0.15, 0.2) is 24.3 Å². The lowest BCUT2D eigenvalue weighted by Gasteiger charge is -2.36. The molecule has 0 spiro atoms. The van der Waals surface area contributed by atoms with Gasteiger partial charge in [-0.15, -0.1) is 0 Å². The van der Waals surface area contributed by atoms with Gasteiger partial charge in [0.05, 0.1) is 0 Å². The lowest BCUT2D eigenvalue weighted by molar-refractivity contribution is -0.150. The van der Waals surface area contributed by atoms with Crippen molar-refractivity contribution < 1.29 is 9.90 Å². The predicted molar refractivity (Wildman–Crippen MR) is 73.8 cm³/mol. The van der Waals surface area contributed by atoms with E-state index < -0.39 is 11.5 Å². The summed E-state index contributed by atoms with van der Waals surface area (Å²) in [6, 6.07) is 8.08. The Morgan fingerprint density at radius 3 is 2.11 bits per heavy atom. The fourth-order valence-corrected chi connectivity index (χ4v) is 2.35. The van der Waals surface area contributed by atoms with Gasteiger partial charge in [-0.2, -0.15) is 0 Å². The van der Waals surface area contributed by atoms with Crippen LogP contribution in [-0.4, -0.2) is 34.6 Å². The molecule has 1 aromatic carbocycles. The highest BCUT2D eigenvalue weighted by Crippen LogP contribution is 2.21. The summed E-state index contributed by atoms with van der Waals surface area (Å²) in [5.74, 6) is -0.758. The molecule has 1 N–H and O–H groups in total. The SMILES string of the molecule is CCN(CC)C(C)(Cc1ccc(C)cc1)C(=O)O. The van der Waals surface area contributed by atoms with E-state index in [1.807, 2.05) is 56.9 Å². The van der Waals surface area contributed by atoms with Crippen molar-refractivity contribution in [2.75, 3.05) is 13.1 Å². The lowest BCUT2D eigenvalue weighted by atomic mass is 9.90. The smallest absolute Gasteiger partial charge is 0.324 e. The minimum Gasteiger partial charge on any atom is -0.480 e. The van der Waals surface area contributed by atoms with E-state index in [0.717, 1.165) is 18.7 Å². The van der Waals surface area contributed by atoms with Gasteiger partial charge in [0.1, 0.15) is 5.54 Å². The Balaban J connectivity index is 2.99. The maximum atomic E-state index is 11.6. The molecule has 3 heteroatoms. The predicted octanol–water partition coefficient (Wildman–Crippen LogP) is 2.72. The standard InChI is InChI=1S/C15H23NO2/c1-5-16(6-2)15(4,14(17)18)11-13-9-7-12(3)8-10-13/h7-10H,5-6,11H2,1-4H3,(H,17,18). The molecular weight excluding hydrogens is 226 g/mol. The summed E-state index contributed by atoms with van der Waals surface area (Å²) >= 11 is 0. The van der Waals surface area contributed by atoms with E-state index in [4.69, 9.17) is 0 Å². The molecular formula is C15H23NO2. The maximum Gasteiger partial charge on any atom is 0.324 e. The first-order chi connectivity index (χ1) is 8.43. The Hall–Kier alpha value is -1.35. The molecule has 1 aromatic rings. The first-order valence-corrected chi connectivity index (χ1v) is 6.48. The fourth-order valence-electron chi connectivity index (χ4n) is 2.35. The van der Waals surface area contributed by atoms with Crippen molar-refractivity contribution in [1.29, 1.82) is 0 Å². The van der Waals surface area contributed by atoms with E-state index in [1.165, 1.54) is 5.56 Å². The summed E-state index contributed by atoms with van der Waals surface area (Å²) in [5.41, 5.74) is 1.43. The van der Waals surface area contributed by atoms with Crippen LogP contribution in [-0.2, 0) is 11.2 Å². The fraction of sp³-hybridized carbons (Fsp3) is 0.533. The summed E-state index contributed by atoms with van der Waals surface area (Å²) in [4.78, 5) is 13.6. The molecule has 1 rings (SSSR count). The Morgan fingerprint density at radius 1 is 1.22 bits per heavy atom. The van der Waals surface area contributed by atoms with Crippen LogP contribution >= 0.6 is 0 Å². The van der Waals surface area contributed by atoms with Gasteiger partial charge in [-0.25, -0.2) is 0 Å². The second-order valence-electron chi connectivity index (χ2n) is 4.91. The molecule has 0 amide bonds. The molecule has 1 atom stereocenters. The van der Waals surface area contributed by atoms with Gasteiger partial charge in [0.15, 0.2) is 0 Å². The number of carbonyl (C=O) groups is 1. The third-order valence-corrected chi connectivity index (χ3v) is 3.59. The van der Waals surface area contributed by atoms with E-state index >= 15 is 0 Å².